The molecule has 44 valence electrons. The molecule has 0 N–H and O–H groups in total. The molecule has 1 heterocycles. The molecule has 0 saturated carbocycles. The van der Waals surface area contributed by atoms with Gasteiger partial charge in [0.15, 0.2) is 0 Å². The number of hydrogen-bond acceptors (Lipinski definition) is 3. The molecular weight excluding hydrogens is 197 g/mol. The maximum Gasteiger partial charge on any atom is 0.207 e. The van der Waals surface area contributed by atoms with Gasteiger partial charge in [0.2, 0.25) is 12.3 Å². The Morgan fingerprint density at radius 2 is 2.62 bits per heavy atom. The minimum absolute atomic E-state index is 0.0459. The Hall–Kier alpha value is -0.100. The fourth-order valence-corrected chi connectivity index (χ4v) is 0.812. The molecule has 0 aromatic carbocycles. The molecule has 0 radical (unpaired) electrons. The Morgan fingerprint density at radius 1 is 1.88 bits per heavy atom. The third-order valence-electron chi connectivity index (χ3n) is 0.506. The molecule has 0 aliphatic heterocycles. The van der Waals surface area contributed by atoms with Crippen LogP contribution in [0.15, 0.2) is 10.8 Å². The smallest absolute Gasteiger partial charge is 0.147 e. The minimum atomic E-state index is -0.0459. The Kier molecular flexibility index (Phi) is 1.85. The SMILES string of the molecule is FSn1ncc(Br)n1. The fourth-order valence-electron chi connectivity index (χ4n) is 0.264. The predicted octanol–water partition coefficient (Wildman–Crippen LogP) is 1.42. The lowest BCUT2D eigenvalue weighted by Gasteiger charge is -1.79. The zero-order chi connectivity index (χ0) is 5.98. The first kappa shape index (κ1) is 6.03. The van der Waals surface area contributed by atoms with Gasteiger partial charge in [0.05, 0.1) is 6.20 Å². The molecule has 0 amide bonds. The van der Waals surface area contributed by atoms with Crippen molar-refractivity contribution in [3.8, 4) is 0 Å². The van der Waals surface area contributed by atoms with Crippen molar-refractivity contribution in [1.29, 1.82) is 0 Å². The van der Waals surface area contributed by atoms with E-state index in [-0.39, 0.29) is 12.3 Å². The molecular formula is C2HBrFN3S. The maximum absolute atomic E-state index is 11.5. The van der Waals surface area contributed by atoms with Gasteiger partial charge < -0.3 is 0 Å². The number of rotatable bonds is 1. The highest BCUT2D eigenvalue weighted by Gasteiger charge is 1.93. The topological polar surface area (TPSA) is 30.7 Å². The maximum atomic E-state index is 11.5. The summed E-state index contributed by atoms with van der Waals surface area (Å²) in [7, 11) is 0. The summed E-state index contributed by atoms with van der Waals surface area (Å²) in [5.41, 5.74) is 0. The van der Waals surface area contributed by atoms with Crippen LogP contribution in [0.3, 0.4) is 0 Å². The summed E-state index contributed by atoms with van der Waals surface area (Å²) >= 11 is 2.95. The summed E-state index contributed by atoms with van der Waals surface area (Å²) < 4.78 is 12.9. The average molecular weight is 198 g/mol. The molecule has 0 aliphatic rings. The first-order chi connectivity index (χ1) is 3.83. The van der Waals surface area contributed by atoms with E-state index in [9.17, 15) is 3.89 Å². The second-order valence-electron chi connectivity index (χ2n) is 0.989. The molecule has 0 fully saturated rings. The van der Waals surface area contributed by atoms with E-state index in [1.54, 1.807) is 0 Å². The second kappa shape index (κ2) is 2.45. The molecule has 8 heavy (non-hydrogen) atoms. The molecule has 0 bridgehead atoms. The van der Waals surface area contributed by atoms with Gasteiger partial charge in [-0.1, -0.05) is 4.20 Å². The van der Waals surface area contributed by atoms with Crippen LogP contribution in [0, 0.1) is 0 Å². The van der Waals surface area contributed by atoms with Crippen LogP contribution in [-0.4, -0.2) is 14.4 Å². The average Bonchev–Trinajstić information content (AvgIpc) is 2.14. The van der Waals surface area contributed by atoms with Crippen LogP contribution >= 0.6 is 28.3 Å². The van der Waals surface area contributed by atoms with Crippen molar-refractivity contribution in [3.05, 3.63) is 10.8 Å². The molecule has 6 heteroatoms. The number of nitrogens with zero attached hydrogens (tertiary/aromatic N) is 3. The van der Waals surface area contributed by atoms with Crippen molar-refractivity contribution in [1.82, 2.24) is 14.4 Å². The summed E-state index contributed by atoms with van der Waals surface area (Å²) in [6.07, 6.45) is 1.41. The Labute approximate surface area is 57.8 Å². The van der Waals surface area contributed by atoms with Crippen molar-refractivity contribution in [2.24, 2.45) is 0 Å². The monoisotopic (exact) mass is 197 g/mol. The minimum Gasteiger partial charge on any atom is -0.147 e. The molecule has 3 nitrogen and oxygen atoms in total. The molecule has 1 aromatic heterocycles. The van der Waals surface area contributed by atoms with E-state index in [1.807, 2.05) is 0 Å². The van der Waals surface area contributed by atoms with Gasteiger partial charge in [-0.15, -0.1) is 14.1 Å². The Bertz CT molecular complexity index is 178. The van der Waals surface area contributed by atoms with Gasteiger partial charge in [-0.3, -0.25) is 0 Å². The summed E-state index contributed by atoms with van der Waals surface area (Å²) in [5.74, 6) is 0. The van der Waals surface area contributed by atoms with E-state index >= 15 is 0 Å². The standard InChI is InChI=1S/C2HBrFN3S/c3-2-1-5-7(6-2)8-4/h1H. The van der Waals surface area contributed by atoms with Gasteiger partial charge in [0, 0.05) is 0 Å². The van der Waals surface area contributed by atoms with Crippen LogP contribution in [-0.2, 0) is 0 Å². The van der Waals surface area contributed by atoms with Crippen LogP contribution in [0.5, 0.6) is 0 Å². The number of hydrogen-bond donors (Lipinski definition) is 0. The highest BCUT2D eigenvalue weighted by Crippen LogP contribution is 2.06. The van der Waals surface area contributed by atoms with E-state index in [1.165, 1.54) is 6.20 Å². The lowest BCUT2D eigenvalue weighted by molar-refractivity contribution is 0.802. The molecule has 1 rings (SSSR count). The van der Waals surface area contributed by atoms with E-state index in [0.717, 1.165) is 4.20 Å². The summed E-state index contributed by atoms with van der Waals surface area (Å²) in [6.45, 7) is 0. The van der Waals surface area contributed by atoms with Crippen LogP contribution in [0.4, 0.5) is 3.89 Å². The first-order valence-corrected chi connectivity index (χ1v) is 3.16. The van der Waals surface area contributed by atoms with E-state index in [2.05, 4.69) is 26.1 Å². The molecule has 0 saturated heterocycles. The van der Waals surface area contributed by atoms with E-state index in [4.69, 9.17) is 0 Å². The number of aromatic nitrogens is 3. The summed E-state index contributed by atoms with van der Waals surface area (Å²) in [6, 6.07) is 0. The zero-order valence-electron chi connectivity index (χ0n) is 3.58. The third kappa shape index (κ3) is 1.19. The van der Waals surface area contributed by atoms with Gasteiger partial charge in [-0.2, -0.15) is 0 Å². The lowest BCUT2D eigenvalue weighted by atomic mass is 11.0. The van der Waals surface area contributed by atoms with Crippen molar-refractivity contribution < 1.29 is 3.89 Å². The highest BCUT2D eigenvalue weighted by atomic mass is 79.9. The van der Waals surface area contributed by atoms with Crippen molar-refractivity contribution >= 4 is 28.3 Å². The number of halogens is 2. The molecule has 0 unspecified atom stereocenters. The van der Waals surface area contributed by atoms with Crippen molar-refractivity contribution in [2.45, 2.75) is 0 Å². The van der Waals surface area contributed by atoms with Crippen LogP contribution in [0.1, 0.15) is 0 Å². The quantitative estimate of drug-likeness (QED) is 0.683. The van der Waals surface area contributed by atoms with Crippen molar-refractivity contribution in [2.75, 3.05) is 0 Å². The lowest BCUT2D eigenvalue weighted by Crippen LogP contribution is -1.85. The largest absolute Gasteiger partial charge is 0.207 e. The highest BCUT2D eigenvalue weighted by molar-refractivity contribution is 9.10. The first-order valence-electron chi connectivity index (χ1n) is 1.70. The van der Waals surface area contributed by atoms with Crippen LogP contribution in [0.25, 0.3) is 0 Å². The molecule has 1 aromatic rings. The molecule has 0 atom stereocenters. The van der Waals surface area contributed by atoms with Gasteiger partial charge in [-0.05, 0) is 15.9 Å². The van der Waals surface area contributed by atoms with Crippen LogP contribution < -0.4 is 0 Å². The zero-order valence-corrected chi connectivity index (χ0v) is 5.99. The third-order valence-corrected chi connectivity index (χ3v) is 1.17. The van der Waals surface area contributed by atoms with Gasteiger partial charge in [0.25, 0.3) is 0 Å². The Morgan fingerprint density at radius 3 is 2.88 bits per heavy atom. The Balaban J connectivity index is 2.84. The normalized spacial score (nSPS) is 9.75. The van der Waals surface area contributed by atoms with E-state index in [0.29, 0.717) is 4.60 Å². The molecule has 0 spiro atoms. The van der Waals surface area contributed by atoms with Crippen molar-refractivity contribution in [3.63, 3.8) is 0 Å². The van der Waals surface area contributed by atoms with Gasteiger partial charge in [-0.25, -0.2) is 0 Å². The van der Waals surface area contributed by atoms with E-state index < -0.39 is 0 Å². The summed E-state index contributed by atoms with van der Waals surface area (Å²) in [4.78, 5) is 0. The second-order valence-corrected chi connectivity index (χ2v) is 2.27. The fraction of sp³-hybridized carbons (Fsp3) is 0. The summed E-state index contributed by atoms with van der Waals surface area (Å²) in [5, 5.41) is 7.02. The predicted molar refractivity (Wildman–Crippen MR) is 31.8 cm³/mol. The van der Waals surface area contributed by atoms with Gasteiger partial charge in [0.1, 0.15) is 4.60 Å². The van der Waals surface area contributed by atoms with Crippen LogP contribution in [0.2, 0.25) is 0 Å². The molecule has 0 aliphatic carbocycles. The van der Waals surface area contributed by atoms with Gasteiger partial charge >= 0.3 is 0 Å².